The van der Waals surface area contributed by atoms with E-state index in [1.165, 1.54) is 11.3 Å². The van der Waals surface area contributed by atoms with Gasteiger partial charge in [-0.05, 0) is 43.2 Å². The van der Waals surface area contributed by atoms with Crippen LogP contribution in [-0.4, -0.2) is 36.5 Å². The van der Waals surface area contributed by atoms with Gasteiger partial charge in [-0.2, -0.15) is 0 Å². The van der Waals surface area contributed by atoms with Crippen molar-refractivity contribution in [2.75, 3.05) is 19.0 Å². The second-order valence-corrected chi connectivity index (χ2v) is 7.74. The number of rotatable bonds is 5. The second kappa shape index (κ2) is 7.99. The van der Waals surface area contributed by atoms with Crippen LogP contribution in [0.25, 0.3) is 0 Å². The van der Waals surface area contributed by atoms with Gasteiger partial charge in [-0.1, -0.05) is 17.7 Å². The van der Waals surface area contributed by atoms with E-state index in [-0.39, 0.29) is 11.8 Å². The zero-order valence-corrected chi connectivity index (χ0v) is 15.4. The Morgan fingerprint density at radius 3 is 2.88 bits per heavy atom. The number of ether oxygens (including phenoxy) is 1. The quantitative estimate of drug-likeness (QED) is 0.861. The van der Waals surface area contributed by atoms with Crippen LogP contribution in [0, 0.1) is 0 Å². The second-order valence-electron chi connectivity index (χ2n) is 5.94. The SMILES string of the molecule is CN(Cc1ccc(Cl)s1)C(=O)c1cccc(NC(=O)C2CCCO2)c1. The van der Waals surface area contributed by atoms with Crippen molar-refractivity contribution in [3.05, 3.63) is 51.2 Å². The smallest absolute Gasteiger partial charge is 0.253 e. The number of thiophene rings is 1. The monoisotopic (exact) mass is 378 g/mol. The van der Waals surface area contributed by atoms with Crippen LogP contribution in [0.3, 0.4) is 0 Å². The third kappa shape index (κ3) is 4.60. The number of hydrogen-bond acceptors (Lipinski definition) is 4. The minimum absolute atomic E-state index is 0.113. The maximum absolute atomic E-state index is 12.6. The first-order valence-electron chi connectivity index (χ1n) is 8.05. The van der Waals surface area contributed by atoms with Crippen molar-refractivity contribution in [3.8, 4) is 0 Å². The van der Waals surface area contributed by atoms with Crippen molar-refractivity contribution in [3.63, 3.8) is 0 Å². The minimum atomic E-state index is -0.398. The molecule has 2 aromatic rings. The largest absolute Gasteiger partial charge is 0.368 e. The maximum Gasteiger partial charge on any atom is 0.253 e. The van der Waals surface area contributed by atoms with Crippen molar-refractivity contribution < 1.29 is 14.3 Å². The molecule has 1 fully saturated rings. The summed E-state index contributed by atoms with van der Waals surface area (Å²) in [7, 11) is 1.74. The molecule has 1 saturated heterocycles. The molecule has 5 nitrogen and oxygen atoms in total. The van der Waals surface area contributed by atoms with Crippen molar-refractivity contribution in [1.29, 1.82) is 0 Å². The molecule has 2 amide bonds. The molecule has 25 heavy (non-hydrogen) atoms. The Kier molecular flexibility index (Phi) is 5.73. The molecule has 1 aromatic carbocycles. The van der Waals surface area contributed by atoms with Gasteiger partial charge in [0.15, 0.2) is 0 Å². The Morgan fingerprint density at radius 1 is 1.36 bits per heavy atom. The predicted octanol–water partition coefficient (Wildman–Crippen LogP) is 3.79. The number of hydrogen-bond donors (Lipinski definition) is 1. The molecule has 0 saturated carbocycles. The van der Waals surface area contributed by atoms with E-state index in [0.717, 1.165) is 17.7 Å². The summed E-state index contributed by atoms with van der Waals surface area (Å²) < 4.78 is 6.08. The van der Waals surface area contributed by atoms with E-state index in [1.807, 2.05) is 12.1 Å². The molecule has 0 aliphatic carbocycles. The van der Waals surface area contributed by atoms with Gasteiger partial charge >= 0.3 is 0 Å². The summed E-state index contributed by atoms with van der Waals surface area (Å²) in [5, 5.41) is 2.82. The van der Waals surface area contributed by atoms with Gasteiger partial charge in [0.1, 0.15) is 6.10 Å². The molecule has 2 heterocycles. The van der Waals surface area contributed by atoms with Crippen LogP contribution in [0.5, 0.6) is 0 Å². The van der Waals surface area contributed by atoms with Gasteiger partial charge in [0.05, 0.1) is 10.9 Å². The molecule has 1 aromatic heterocycles. The molecule has 0 bridgehead atoms. The summed E-state index contributed by atoms with van der Waals surface area (Å²) in [6.07, 6.45) is 1.23. The van der Waals surface area contributed by atoms with Crippen LogP contribution >= 0.6 is 22.9 Å². The van der Waals surface area contributed by atoms with Gasteiger partial charge < -0.3 is 15.0 Å². The van der Waals surface area contributed by atoms with Crippen LogP contribution in [0.2, 0.25) is 4.34 Å². The predicted molar refractivity (Wildman–Crippen MR) is 99.2 cm³/mol. The standard InChI is InChI=1S/C18H19ClN2O3S/c1-21(11-14-7-8-16(19)25-14)18(23)12-4-2-5-13(10-12)20-17(22)15-6-3-9-24-15/h2,4-5,7-8,10,15H,3,6,9,11H2,1H3,(H,20,22). The lowest BCUT2D eigenvalue weighted by Gasteiger charge is -2.17. The highest BCUT2D eigenvalue weighted by Gasteiger charge is 2.23. The lowest BCUT2D eigenvalue weighted by atomic mass is 10.1. The number of amides is 2. The molecule has 1 unspecified atom stereocenters. The Bertz CT molecular complexity index is 771. The number of benzene rings is 1. The molecule has 1 N–H and O–H groups in total. The van der Waals surface area contributed by atoms with E-state index < -0.39 is 6.10 Å². The van der Waals surface area contributed by atoms with E-state index in [2.05, 4.69) is 5.32 Å². The highest BCUT2D eigenvalue weighted by molar-refractivity contribution is 7.16. The molecular formula is C18H19ClN2O3S. The Hall–Kier alpha value is -1.89. The van der Waals surface area contributed by atoms with Crippen molar-refractivity contribution in [2.45, 2.75) is 25.5 Å². The summed E-state index contributed by atoms with van der Waals surface area (Å²) >= 11 is 7.38. The van der Waals surface area contributed by atoms with Gasteiger partial charge in [0, 0.05) is 29.8 Å². The molecular weight excluding hydrogens is 360 g/mol. The summed E-state index contributed by atoms with van der Waals surface area (Å²) in [6.45, 7) is 1.11. The van der Waals surface area contributed by atoms with Gasteiger partial charge in [-0.3, -0.25) is 9.59 Å². The van der Waals surface area contributed by atoms with E-state index in [1.54, 1.807) is 36.2 Å². The third-order valence-corrected chi connectivity index (χ3v) is 5.18. The molecule has 0 radical (unpaired) electrons. The van der Waals surface area contributed by atoms with Gasteiger partial charge in [0.25, 0.3) is 11.8 Å². The first-order chi connectivity index (χ1) is 12.0. The average molecular weight is 379 g/mol. The third-order valence-electron chi connectivity index (χ3n) is 3.97. The number of halogens is 1. The summed E-state index contributed by atoms with van der Waals surface area (Å²) in [5.74, 6) is -0.276. The Labute approximate surface area is 155 Å². The number of nitrogens with one attached hydrogen (secondary N) is 1. The lowest BCUT2D eigenvalue weighted by molar-refractivity contribution is -0.124. The van der Waals surface area contributed by atoms with E-state index in [4.69, 9.17) is 16.3 Å². The fourth-order valence-corrected chi connectivity index (χ4v) is 3.84. The lowest BCUT2D eigenvalue weighted by Crippen LogP contribution is -2.28. The van der Waals surface area contributed by atoms with Crippen LogP contribution in [0.4, 0.5) is 5.69 Å². The van der Waals surface area contributed by atoms with Crippen LogP contribution in [-0.2, 0) is 16.1 Å². The minimum Gasteiger partial charge on any atom is -0.368 e. The van der Waals surface area contributed by atoms with Crippen LogP contribution < -0.4 is 5.32 Å². The zero-order valence-electron chi connectivity index (χ0n) is 13.8. The normalized spacial score (nSPS) is 16.6. The summed E-state index contributed by atoms with van der Waals surface area (Å²) in [4.78, 5) is 27.4. The zero-order chi connectivity index (χ0) is 17.8. The molecule has 7 heteroatoms. The molecule has 1 aliphatic rings. The number of anilines is 1. The fraction of sp³-hybridized carbons (Fsp3) is 0.333. The van der Waals surface area contributed by atoms with Gasteiger partial charge in [-0.15, -0.1) is 11.3 Å². The average Bonchev–Trinajstić information content (AvgIpc) is 3.26. The Balaban J connectivity index is 1.65. The van der Waals surface area contributed by atoms with E-state index in [9.17, 15) is 9.59 Å². The number of carbonyl (C=O) groups is 2. The summed E-state index contributed by atoms with van der Waals surface area (Å²) in [5.41, 5.74) is 1.12. The number of nitrogens with zero attached hydrogens (tertiary/aromatic N) is 1. The highest BCUT2D eigenvalue weighted by atomic mass is 35.5. The Morgan fingerprint density at radius 2 is 2.20 bits per heavy atom. The fourth-order valence-electron chi connectivity index (χ4n) is 2.70. The van der Waals surface area contributed by atoms with Gasteiger partial charge in [-0.25, -0.2) is 0 Å². The van der Waals surface area contributed by atoms with E-state index in [0.29, 0.717) is 28.7 Å². The topological polar surface area (TPSA) is 58.6 Å². The highest BCUT2D eigenvalue weighted by Crippen LogP contribution is 2.23. The van der Waals surface area contributed by atoms with E-state index >= 15 is 0 Å². The maximum atomic E-state index is 12.6. The van der Waals surface area contributed by atoms with Gasteiger partial charge in [0.2, 0.25) is 0 Å². The molecule has 1 aliphatic heterocycles. The van der Waals surface area contributed by atoms with Crippen molar-refractivity contribution >= 4 is 40.4 Å². The summed E-state index contributed by atoms with van der Waals surface area (Å²) in [6, 6.07) is 10.7. The first kappa shape index (κ1) is 17.9. The molecule has 1 atom stereocenters. The molecule has 0 spiro atoms. The van der Waals surface area contributed by atoms with Crippen LogP contribution in [0.1, 0.15) is 28.1 Å². The molecule has 3 rings (SSSR count). The first-order valence-corrected chi connectivity index (χ1v) is 9.24. The number of carbonyl (C=O) groups excluding carboxylic acids is 2. The van der Waals surface area contributed by atoms with Crippen LogP contribution in [0.15, 0.2) is 36.4 Å². The van der Waals surface area contributed by atoms with Crippen molar-refractivity contribution in [1.82, 2.24) is 4.90 Å². The van der Waals surface area contributed by atoms with Crippen molar-refractivity contribution in [2.24, 2.45) is 0 Å². The molecule has 132 valence electrons.